The Morgan fingerprint density at radius 2 is 1.94 bits per heavy atom. The average molecular weight is 254 g/mol. The Kier molecular flexibility index (Phi) is 5.45. The molecule has 1 aliphatic heterocycles. The van der Waals surface area contributed by atoms with Gasteiger partial charge >= 0.3 is 5.97 Å². The molecule has 2 aliphatic rings. The van der Waals surface area contributed by atoms with Crippen molar-refractivity contribution in [2.45, 2.75) is 63.5 Å². The van der Waals surface area contributed by atoms with E-state index in [0.29, 0.717) is 18.5 Å². The number of aliphatic carboxylic acids is 1. The molecule has 0 amide bonds. The highest BCUT2D eigenvalue weighted by Gasteiger charge is 2.29. The lowest BCUT2D eigenvalue weighted by Crippen LogP contribution is -2.55. The smallest absolute Gasteiger partial charge is 0.303 e. The van der Waals surface area contributed by atoms with Gasteiger partial charge < -0.3 is 10.4 Å². The number of nitrogens with zero attached hydrogens (tertiary/aromatic N) is 1. The minimum atomic E-state index is -0.665. The summed E-state index contributed by atoms with van der Waals surface area (Å²) in [5.74, 6) is -0.665. The summed E-state index contributed by atoms with van der Waals surface area (Å²) < 4.78 is 0. The Hall–Kier alpha value is -0.610. The molecule has 2 fully saturated rings. The van der Waals surface area contributed by atoms with Crippen LogP contribution >= 0.6 is 0 Å². The molecule has 1 saturated carbocycles. The van der Waals surface area contributed by atoms with Crippen molar-refractivity contribution in [1.82, 2.24) is 10.2 Å². The van der Waals surface area contributed by atoms with E-state index < -0.39 is 5.97 Å². The molecule has 104 valence electrons. The fourth-order valence-corrected chi connectivity index (χ4v) is 3.40. The lowest BCUT2D eigenvalue weighted by molar-refractivity contribution is -0.137. The number of nitrogens with one attached hydrogen (secondary N) is 1. The summed E-state index contributed by atoms with van der Waals surface area (Å²) in [7, 11) is 0. The van der Waals surface area contributed by atoms with E-state index in [1.807, 2.05) is 0 Å². The summed E-state index contributed by atoms with van der Waals surface area (Å²) in [6.07, 6.45) is 9.16. The molecule has 0 aromatic carbocycles. The van der Waals surface area contributed by atoms with Crippen molar-refractivity contribution < 1.29 is 9.90 Å². The van der Waals surface area contributed by atoms with Crippen LogP contribution in [-0.4, -0.2) is 47.7 Å². The first kappa shape index (κ1) is 13.8. The zero-order valence-corrected chi connectivity index (χ0v) is 11.2. The van der Waals surface area contributed by atoms with E-state index >= 15 is 0 Å². The van der Waals surface area contributed by atoms with E-state index in [1.165, 1.54) is 38.5 Å². The van der Waals surface area contributed by atoms with Gasteiger partial charge in [-0.05, 0) is 19.3 Å². The molecule has 0 bridgehead atoms. The lowest BCUT2D eigenvalue weighted by Gasteiger charge is -2.41. The number of rotatable bonds is 4. The lowest BCUT2D eigenvalue weighted by atomic mass is 10.00. The fourth-order valence-electron chi connectivity index (χ4n) is 3.40. The van der Waals surface area contributed by atoms with Crippen molar-refractivity contribution in [2.24, 2.45) is 0 Å². The summed E-state index contributed by atoms with van der Waals surface area (Å²) in [4.78, 5) is 13.3. The first-order valence-corrected chi connectivity index (χ1v) is 7.45. The third-order valence-electron chi connectivity index (χ3n) is 4.38. The minimum absolute atomic E-state index is 0.301. The van der Waals surface area contributed by atoms with Crippen LogP contribution in [-0.2, 0) is 4.79 Å². The summed E-state index contributed by atoms with van der Waals surface area (Å²) in [5, 5.41) is 12.3. The van der Waals surface area contributed by atoms with E-state index in [4.69, 9.17) is 5.11 Å². The fraction of sp³-hybridized carbons (Fsp3) is 0.929. The summed E-state index contributed by atoms with van der Waals surface area (Å²) in [6, 6.07) is 1.13. The maximum Gasteiger partial charge on any atom is 0.303 e. The first-order chi connectivity index (χ1) is 8.77. The molecule has 1 saturated heterocycles. The number of hydrogen-bond donors (Lipinski definition) is 2. The SMILES string of the molecule is O=C(O)CCC1CNCCN1C1CCCCCC1. The summed E-state index contributed by atoms with van der Waals surface area (Å²) in [5.41, 5.74) is 0. The van der Waals surface area contributed by atoms with Gasteiger partial charge in [-0.15, -0.1) is 0 Å². The molecule has 18 heavy (non-hydrogen) atoms. The molecule has 1 atom stereocenters. The third kappa shape index (κ3) is 3.95. The Bertz CT molecular complexity index is 263. The summed E-state index contributed by atoms with van der Waals surface area (Å²) in [6.45, 7) is 3.11. The summed E-state index contributed by atoms with van der Waals surface area (Å²) >= 11 is 0. The Morgan fingerprint density at radius 3 is 2.61 bits per heavy atom. The van der Waals surface area contributed by atoms with Crippen molar-refractivity contribution in [2.75, 3.05) is 19.6 Å². The predicted octanol–water partition coefficient (Wildman–Crippen LogP) is 1.85. The van der Waals surface area contributed by atoms with E-state index in [0.717, 1.165) is 26.1 Å². The van der Waals surface area contributed by atoms with Gasteiger partial charge in [0.05, 0.1) is 0 Å². The molecule has 2 rings (SSSR count). The van der Waals surface area contributed by atoms with Crippen molar-refractivity contribution in [1.29, 1.82) is 0 Å². The van der Waals surface area contributed by atoms with Crippen molar-refractivity contribution in [3.63, 3.8) is 0 Å². The van der Waals surface area contributed by atoms with Crippen LogP contribution in [0.25, 0.3) is 0 Å². The van der Waals surface area contributed by atoms with Gasteiger partial charge in [-0.1, -0.05) is 25.7 Å². The van der Waals surface area contributed by atoms with Crippen LogP contribution in [0.15, 0.2) is 0 Å². The normalized spacial score (nSPS) is 27.9. The van der Waals surface area contributed by atoms with Crippen LogP contribution in [0.5, 0.6) is 0 Å². The molecule has 0 aromatic heterocycles. The largest absolute Gasteiger partial charge is 0.481 e. The van der Waals surface area contributed by atoms with Gasteiger partial charge in [0.25, 0.3) is 0 Å². The Labute approximate surface area is 110 Å². The van der Waals surface area contributed by atoms with Crippen LogP contribution in [0.2, 0.25) is 0 Å². The molecular weight excluding hydrogens is 228 g/mol. The van der Waals surface area contributed by atoms with Crippen LogP contribution in [0.3, 0.4) is 0 Å². The standard InChI is InChI=1S/C14H26N2O2/c17-14(18)8-7-13-11-15-9-10-16(13)12-5-3-1-2-4-6-12/h12-13,15H,1-11H2,(H,17,18). The van der Waals surface area contributed by atoms with Gasteiger partial charge in [0.1, 0.15) is 0 Å². The van der Waals surface area contributed by atoms with Gasteiger partial charge in [0.15, 0.2) is 0 Å². The monoisotopic (exact) mass is 254 g/mol. The number of carboxylic acids is 1. The van der Waals surface area contributed by atoms with E-state index in [9.17, 15) is 4.79 Å². The number of carbonyl (C=O) groups is 1. The second-order valence-corrected chi connectivity index (χ2v) is 5.67. The van der Waals surface area contributed by atoms with Gasteiger partial charge in [-0.3, -0.25) is 9.69 Å². The highest BCUT2D eigenvalue weighted by molar-refractivity contribution is 5.66. The van der Waals surface area contributed by atoms with E-state index in [-0.39, 0.29) is 0 Å². The van der Waals surface area contributed by atoms with Crippen molar-refractivity contribution in [3.8, 4) is 0 Å². The molecule has 1 unspecified atom stereocenters. The number of hydrogen-bond acceptors (Lipinski definition) is 3. The molecular formula is C14H26N2O2. The quantitative estimate of drug-likeness (QED) is 0.752. The van der Waals surface area contributed by atoms with Crippen molar-refractivity contribution >= 4 is 5.97 Å². The van der Waals surface area contributed by atoms with Gasteiger partial charge in [0, 0.05) is 38.1 Å². The maximum atomic E-state index is 10.7. The zero-order valence-electron chi connectivity index (χ0n) is 11.2. The molecule has 2 N–H and O–H groups in total. The van der Waals surface area contributed by atoms with Gasteiger partial charge in [-0.2, -0.15) is 0 Å². The number of piperazine rings is 1. The second-order valence-electron chi connectivity index (χ2n) is 5.67. The predicted molar refractivity (Wildman–Crippen MR) is 71.7 cm³/mol. The molecule has 0 radical (unpaired) electrons. The maximum absolute atomic E-state index is 10.7. The van der Waals surface area contributed by atoms with Crippen molar-refractivity contribution in [3.05, 3.63) is 0 Å². The average Bonchev–Trinajstić information content (AvgIpc) is 2.65. The van der Waals surface area contributed by atoms with E-state index in [2.05, 4.69) is 10.2 Å². The van der Waals surface area contributed by atoms with Gasteiger partial charge in [-0.25, -0.2) is 0 Å². The van der Waals surface area contributed by atoms with Crippen LogP contribution < -0.4 is 5.32 Å². The molecule has 0 spiro atoms. The molecule has 4 nitrogen and oxygen atoms in total. The molecule has 1 heterocycles. The Balaban J connectivity index is 1.90. The highest BCUT2D eigenvalue weighted by Crippen LogP contribution is 2.25. The molecule has 4 heteroatoms. The van der Waals surface area contributed by atoms with Crippen LogP contribution in [0.1, 0.15) is 51.4 Å². The van der Waals surface area contributed by atoms with Crippen LogP contribution in [0, 0.1) is 0 Å². The molecule has 1 aliphatic carbocycles. The zero-order chi connectivity index (χ0) is 12.8. The highest BCUT2D eigenvalue weighted by atomic mass is 16.4. The topological polar surface area (TPSA) is 52.6 Å². The molecule has 0 aromatic rings. The van der Waals surface area contributed by atoms with Crippen LogP contribution in [0.4, 0.5) is 0 Å². The first-order valence-electron chi connectivity index (χ1n) is 7.45. The van der Waals surface area contributed by atoms with Gasteiger partial charge in [0.2, 0.25) is 0 Å². The Morgan fingerprint density at radius 1 is 1.22 bits per heavy atom. The minimum Gasteiger partial charge on any atom is -0.481 e. The number of carboxylic acid groups (broad SMARTS) is 1. The second kappa shape index (κ2) is 7.10. The van der Waals surface area contributed by atoms with E-state index in [1.54, 1.807) is 0 Å². The third-order valence-corrected chi connectivity index (χ3v) is 4.38.